The lowest BCUT2D eigenvalue weighted by Crippen LogP contribution is -2.58. The van der Waals surface area contributed by atoms with E-state index >= 15 is 0 Å². The summed E-state index contributed by atoms with van der Waals surface area (Å²) in [5.41, 5.74) is 1.27. The van der Waals surface area contributed by atoms with Crippen molar-refractivity contribution in [2.45, 2.75) is 77.3 Å². The van der Waals surface area contributed by atoms with Gasteiger partial charge in [0.1, 0.15) is 6.10 Å². The van der Waals surface area contributed by atoms with Crippen molar-refractivity contribution in [3.8, 4) is 0 Å². The van der Waals surface area contributed by atoms with Gasteiger partial charge in [-0.25, -0.2) is 0 Å². The van der Waals surface area contributed by atoms with E-state index in [9.17, 15) is 9.90 Å². The van der Waals surface area contributed by atoms with Gasteiger partial charge in [-0.05, 0) is 43.4 Å². The lowest BCUT2D eigenvalue weighted by atomic mass is 9.49. The molecule has 0 spiro atoms. The van der Waals surface area contributed by atoms with Gasteiger partial charge in [0.25, 0.3) is 0 Å². The van der Waals surface area contributed by atoms with Gasteiger partial charge in [0, 0.05) is 25.4 Å². The Labute approximate surface area is 156 Å². The van der Waals surface area contributed by atoms with Crippen LogP contribution in [0.15, 0.2) is 11.6 Å². The Balaban J connectivity index is 1.65. The number of hydrogen-bond donors (Lipinski definition) is 1. The summed E-state index contributed by atoms with van der Waals surface area (Å²) < 4.78 is 17.4. The summed E-state index contributed by atoms with van der Waals surface area (Å²) in [6.45, 7) is 6.44. The van der Waals surface area contributed by atoms with Gasteiger partial charge in [0.15, 0.2) is 0 Å². The summed E-state index contributed by atoms with van der Waals surface area (Å²) in [6.07, 6.45) is 6.69. The van der Waals surface area contributed by atoms with E-state index in [0.29, 0.717) is 12.5 Å². The average molecular weight is 364 g/mol. The molecule has 4 rings (SSSR count). The Morgan fingerprint density at radius 3 is 2.77 bits per heavy atom. The zero-order chi connectivity index (χ0) is 18.7. The Kier molecular flexibility index (Phi) is 4.48. The minimum atomic E-state index is -0.501. The van der Waals surface area contributed by atoms with Gasteiger partial charge < -0.3 is 19.3 Å². The first-order chi connectivity index (χ1) is 12.3. The maximum Gasteiger partial charge on any atom is 0.303 e. The van der Waals surface area contributed by atoms with Gasteiger partial charge in [0.05, 0.1) is 24.9 Å². The van der Waals surface area contributed by atoms with Crippen molar-refractivity contribution in [3.63, 3.8) is 0 Å². The highest BCUT2D eigenvalue weighted by molar-refractivity contribution is 5.66. The van der Waals surface area contributed by atoms with E-state index in [1.807, 2.05) is 0 Å². The highest BCUT2D eigenvalue weighted by atomic mass is 16.6. The van der Waals surface area contributed by atoms with Crippen LogP contribution < -0.4 is 0 Å². The van der Waals surface area contributed by atoms with E-state index in [2.05, 4.69) is 19.9 Å². The Hall–Kier alpha value is -0.910. The normalized spacial score (nSPS) is 50.3. The monoisotopic (exact) mass is 364 g/mol. The van der Waals surface area contributed by atoms with Crippen molar-refractivity contribution in [1.29, 1.82) is 0 Å². The molecule has 5 nitrogen and oxygen atoms in total. The molecule has 1 aliphatic heterocycles. The Morgan fingerprint density at radius 1 is 1.31 bits per heavy atom. The summed E-state index contributed by atoms with van der Waals surface area (Å²) >= 11 is 0. The third kappa shape index (κ3) is 2.58. The van der Waals surface area contributed by atoms with E-state index in [1.165, 1.54) is 12.5 Å². The molecule has 0 radical (unpaired) electrons. The number of aliphatic hydroxyl groups is 1. The molecule has 0 aromatic carbocycles. The molecule has 1 heterocycles. The van der Waals surface area contributed by atoms with E-state index in [4.69, 9.17) is 14.2 Å². The van der Waals surface area contributed by atoms with E-state index in [1.54, 1.807) is 7.11 Å². The van der Waals surface area contributed by atoms with Crippen LogP contribution in [0.4, 0.5) is 0 Å². The third-order valence-corrected chi connectivity index (χ3v) is 8.01. The summed E-state index contributed by atoms with van der Waals surface area (Å²) in [5, 5.41) is 11.0. The molecule has 8 atom stereocenters. The summed E-state index contributed by atoms with van der Waals surface area (Å²) in [5.74, 6) is 0.227. The van der Waals surface area contributed by atoms with Crippen molar-refractivity contribution in [3.05, 3.63) is 11.6 Å². The van der Waals surface area contributed by atoms with Crippen molar-refractivity contribution in [2.75, 3.05) is 13.7 Å². The van der Waals surface area contributed by atoms with Crippen LogP contribution in [0.3, 0.4) is 0 Å². The third-order valence-electron chi connectivity index (χ3n) is 8.01. The van der Waals surface area contributed by atoms with Gasteiger partial charge in [-0.3, -0.25) is 4.79 Å². The fraction of sp³-hybridized carbons (Fsp3) is 0.857. The number of fused-ring (bicyclic) bond motifs is 5. The molecule has 2 saturated carbocycles. The molecule has 0 amide bonds. The van der Waals surface area contributed by atoms with Gasteiger partial charge >= 0.3 is 5.97 Å². The Morgan fingerprint density at radius 2 is 2.08 bits per heavy atom. The molecule has 146 valence electrons. The standard InChI is InChI=1S/C21H32O5/c1-12(22)26-17-11-25-19-18-15(6-8-21(17,19)3)20(2)7-5-14(24-4)9-13(20)10-16(18)23/h10,14-19,23H,5-9,11H2,1-4H3/t14-,15?,16?,17-,18?,19?,20-,21+/m0/s1. The quantitative estimate of drug-likeness (QED) is 0.603. The fourth-order valence-corrected chi connectivity index (χ4v) is 6.41. The second kappa shape index (κ2) is 6.32. The smallest absolute Gasteiger partial charge is 0.303 e. The number of esters is 1. The van der Waals surface area contributed by atoms with Gasteiger partial charge in [-0.2, -0.15) is 0 Å². The molecule has 5 heteroatoms. The summed E-state index contributed by atoms with van der Waals surface area (Å²) in [4.78, 5) is 11.5. The first-order valence-corrected chi connectivity index (χ1v) is 10.0. The molecular weight excluding hydrogens is 332 g/mol. The number of hydrogen-bond acceptors (Lipinski definition) is 5. The van der Waals surface area contributed by atoms with E-state index in [-0.39, 0.29) is 41.0 Å². The van der Waals surface area contributed by atoms with Crippen LogP contribution in [0, 0.1) is 22.7 Å². The highest BCUT2D eigenvalue weighted by Gasteiger charge is 2.62. The topological polar surface area (TPSA) is 65.0 Å². The van der Waals surface area contributed by atoms with Gasteiger partial charge in [-0.1, -0.05) is 25.5 Å². The van der Waals surface area contributed by atoms with Crippen LogP contribution in [-0.4, -0.2) is 49.2 Å². The molecule has 1 N–H and O–H groups in total. The van der Waals surface area contributed by atoms with Crippen molar-refractivity contribution >= 4 is 5.97 Å². The lowest BCUT2D eigenvalue weighted by Gasteiger charge is -2.58. The van der Waals surface area contributed by atoms with Crippen molar-refractivity contribution in [1.82, 2.24) is 0 Å². The number of aliphatic hydroxyl groups excluding tert-OH is 1. The lowest BCUT2D eigenvalue weighted by molar-refractivity contribution is -0.157. The van der Waals surface area contributed by atoms with Gasteiger partial charge in [0.2, 0.25) is 0 Å². The van der Waals surface area contributed by atoms with E-state index < -0.39 is 6.10 Å². The number of ether oxygens (including phenoxy) is 3. The second-order valence-corrected chi connectivity index (χ2v) is 9.28. The predicted molar refractivity (Wildman–Crippen MR) is 96.5 cm³/mol. The largest absolute Gasteiger partial charge is 0.459 e. The highest BCUT2D eigenvalue weighted by Crippen LogP contribution is 2.62. The van der Waals surface area contributed by atoms with Crippen LogP contribution in [0.5, 0.6) is 0 Å². The Bertz CT molecular complexity index is 616. The van der Waals surface area contributed by atoms with Crippen LogP contribution in [0.25, 0.3) is 0 Å². The number of carbonyl (C=O) groups excluding carboxylic acids is 1. The minimum absolute atomic E-state index is 0.0598. The SMILES string of the molecule is CO[C@H]1CC[C@@]2(C)C(=CC(O)C3C2CC[C@@]2(C)C3OC[C@@H]2OC(C)=O)C1. The van der Waals surface area contributed by atoms with E-state index in [0.717, 1.165) is 32.1 Å². The van der Waals surface area contributed by atoms with Crippen molar-refractivity contribution in [2.24, 2.45) is 22.7 Å². The summed E-state index contributed by atoms with van der Waals surface area (Å²) in [7, 11) is 1.78. The van der Waals surface area contributed by atoms with Crippen LogP contribution >= 0.6 is 0 Å². The molecule has 4 aliphatic rings. The molecule has 4 unspecified atom stereocenters. The van der Waals surface area contributed by atoms with Gasteiger partial charge in [-0.15, -0.1) is 0 Å². The molecule has 0 bridgehead atoms. The number of methoxy groups -OCH3 is 1. The summed E-state index contributed by atoms with van der Waals surface area (Å²) in [6, 6.07) is 0. The fourth-order valence-electron chi connectivity index (χ4n) is 6.41. The molecule has 0 aromatic heterocycles. The second-order valence-electron chi connectivity index (χ2n) is 9.28. The zero-order valence-electron chi connectivity index (χ0n) is 16.4. The van der Waals surface area contributed by atoms with Crippen LogP contribution in [0.1, 0.15) is 52.9 Å². The first-order valence-electron chi connectivity index (χ1n) is 10.0. The van der Waals surface area contributed by atoms with Crippen molar-refractivity contribution < 1.29 is 24.1 Å². The molecule has 26 heavy (non-hydrogen) atoms. The molecule has 3 fully saturated rings. The molecule has 1 saturated heterocycles. The average Bonchev–Trinajstić information content (AvgIpc) is 2.91. The van der Waals surface area contributed by atoms with Crippen LogP contribution in [-0.2, 0) is 19.0 Å². The number of rotatable bonds is 2. The molecule has 3 aliphatic carbocycles. The maximum absolute atomic E-state index is 11.5. The first kappa shape index (κ1) is 18.5. The number of carbonyl (C=O) groups is 1. The minimum Gasteiger partial charge on any atom is -0.459 e. The zero-order valence-corrected chi connectivity index (χ0v) is 16.4. The molecular formula is C21H32O5. The predicted octanol–water partition coefficient (Wildman–Crippen LogP) is 2.86. The molecule has 0 aromatic rings. The maximum atomic E-state index is 11.5. The van der Waals surface area contributed by atoms with Crippen LogP contribution in [0.2, 0.25) is 0 Å².